The van der Waals surface area contributed by atoms with Crippen LogP contribution in [0.4, 0.5) is 4.39 Å². The molecule has 1 saturated carbocycles. The average molecular weight is 336 g/mol. The fourth-order valence-corrected chi connectivity index (χ4v) is 4.68. The minimum atomic E-state index is -4.01. The van der Waals surface area contributed by atoms with Crippen LogP contribution in [0, 0.1) is 5.82 Å². The highest BCUT2D eigenvalue weighted by atomic mass is 35.5. The molecule has 0 saturated heterocycles. The van der Waals surface area contributed by atoms with Crippen LogP contribution in [0.1, 0.15) is 32.1 Å². The van der Waals surface area contributed by atoms with E-state index in [0.717, 1.165) is 31.0 Å². The number of benzene rings is 1. The van der Waals surface area contributed by atoms with Crippen molar-refractivity contribution in [3.05, 3.63) is 29.0 Å². The van der Waals surface area contributed by atoms with Gasteiger partial charge in [-0.2, -0.15) is 0 Å². The van der Waals surface area contributed by atoms with Crippen molar-refractivity contribution in [1.82, 2.24) is 4.72 Å². The van der Waals surface area contributed by atoms with Crippen LogP contribution in [0.2, 0.25) is 5.02 Å². The van der Waals surface area contributed by atoms with E-state index in [9.17, 15) is 17.6 Å². The molecule has 0 amide bonds. The standard InChI is InChI=1S/C13H15ClFNO4S/c14-10-7-9(15)3-4-11(10)21(19,20)16-13(8-12(17)18)5-1-2-6-13/h3-4,7,16H,1-2,5-6,8H2,(H,17,18). The van der Waals surface area contributed by atoms with Crippen LogP contribution < -0.4 is 4.72 Å². The van der Waals surface area contributed by atoms with E-state index in [1.54, 1.807) is 0 Å². The molecule has 0 atom stereocenters. The largest absolute Gasteiger partial charge is 0.481 e. The molecule has 0 aliphatic heterocycles. The van der Waals surface area contributed by atoms with Crippen molar-refractivity contribution in [3.63, 3.8) is 0 Å². The molecule has 116 valence electrons. The highest BCUT2D eigenvalue weighted by Gasteiger charge is 2.40. The first kappa shape index (κ1) is 16.2. The quantitative estimate of drug-likeness (QED) is 0.866. The van der Waals surface area contributed by atoms with Gasteiger partial charge in [-0.15, -0.1) is 0 Å². The summed E-state index contributed by atoms with van der Waals surface area (Å²) in [4.78, 5) is 10.7. The third-order valence-corrected chi connectivity index (χ3v) is 5.65. The van der Waals surface area contributed by atoms with Crippen LogP contribution in [0.25, 0.3) is 0 Å². The second-order valence-corrected chi connectivity index (χ2v) is 7.30. The number of aliphatic carboxylic acids is 1. The molecule has 1 aromatic rings. The SMILES string of the molecule is O=C(O)CC1(NS(=O)(=O)c2ccc(F)cc2Cl)CCCC1. The lowest BCUT2D eigenvalue weighted by molar-refractivity contribution is -0.138. The van der Waals surface area contributed by atoms with E-state index < -0.39 is 27.3 Å². The smallest absolute Gasteiger partial charge is 0.305 e. The van der Waals surface area contributed by atoms with Gasteiger partial charge in [-0.3, -0.25) is 4.79 Å². The molecule has 5 nitrogen and oxygen atoms in total. The molecule has 0 bridgehead atoms. The maximum Gasteiger partial charge on any atom is 0.305 e. The van der Waals surface area contributed by atoms with E-state index in [1.165, 1.54) is 0 Å². The molecule has 1 aromatic carbocycles. The van der Waals surface area contributed by atoms with E-state index in [4.69, 9.17) is 16.7 Å². The predicted molar refractivity (Wildman–Crippen MR) is 75.2 cm³/mol. The molecule has 8 heteroatoms. The third-order valence-electron chi connectivity index (χ3n) is 3.58. The Morgan fingerprint density at radius 2 is 2.00 bits per heavy atom. The Labute approximate surface area is 127 Å². The molecule has 0 heterocycles. The maximum absolute atomic E-state index is 13.0. The fourth-order valence-electron chi connectivity index (χ4n) is 2.69. The Hall–Kier alpha value is -1.18. The molecule has 0 radical (unpaired) electrons. The Morgan fingerprint density at radius 3 is 2.52 bits per heavy atom. The molecule has 1 fully saturated rings. The van der Waals surface area contributed by atoms with Gasteiger partial charge < -0.3 is 5.11 Å². The summed E-state index contributed by atoms with van der Waals surface area (Å²) in [6.07, 6.45) is 2.14. The number of halogens is 2. The van der Waals surface area contributed by atoms with Gasteiger partial charge >= 0.3 is 5.97 Å². The molecular formula is C13H15ClFNO4S. The van der Waals surface area contributed by atoms with Gasteiger partial charge in [0.25, 0.3) is 0 Å². The summed E-state index contributed by atoms with van der Waals surface area (Å²) >= 11 is 5.78. The number of hydrogen-bond acceptors (Lipinski definition) is 3. The normalized spacial score (nSPS) is 17.8. The number of sulfonamides is 1. The van der Waals surface area contributed by atoms with E-state index in [2.05, 4.69) is 4.72 Å². The van der Waals surface area contributed by atoms with Gasteiger partial charge in [0.15, 0.2) is 0 Å². The molecule has 21 heavy (non-hydrogen) atoms. The van der Waals surface area contributed by atoms with Gasteiger partial charge in [0.05, 0.1) is 11.4 Å². The van der Waals surface area contributed by atoms with Crippen molar-refractivity contribution in [2.75, 3.05) is 0 Å². The molecular weight excluding hydrogens is 321 g/mol. The summed E-state index contributed by atoms with van der Waals surface area (Å²) in [5, 5.41) is 8.76. The molecule has 1 aliphatic carbocycles. The minimum Gasteiger partial charge on any atom is -0.481 e. The minimum absolute atomic E-state index is 0.231. The van der Waals surface area contributed by atoms with Crippen LogP contribution in [-0.4, -0.2) is 25.0 Å². The average Bonchev–Trinajstić information content (AvgIpc) is 2.74. The van der Waals surface area contributed by atoms with Gasteiger partial charge in [0.2, 0.25) is 10.0 Å². The Balaban J connectivity index is 2.32. The summed E-state index contributed by atoms with van der Waals surface area (Å²) in [6, 6.07) is 2.98. The molecule has 0 spiro atoms. The number of carboxylic acids is 1. The first-order valence-electron chi connectivity index (χ1n) is 6.45. The van der Waals surface area contributed by atoms with Crippen molar-refractivity contribution in [1.29, 1.82) is 0 Å². The van der Waals surface area contributed by atoms with E-state index >= 15 is 0 Å². The Bertz CT molecular complexity index is 656. The van der Waals surface area contributed by atoms with Crippen molar-refractivity contribution >= 4 is 27.6 Å². The van der Waals surface area contributed by atoms with Gasteiger partial charge in [0, 0.05) is 5.54 Å². The molecule has 1 aliphatic rings. The zero-order valence-corrected chi connectivity index (χ0v) is 12.7. The van der Waals surface area contributed by atoms with E-state index in [1.807, 2.05) is 0 Å². The van der Waals surface area contributed by atoms with Gasteiger partial charge in [-0.05, 0) is 31.0 Å². The fraction of sp³-hybridized carbons (Fsp3) is 0.462. The number of rotatable bonds is 5. The third kappa shape index (κ3) is 3.72. The highest BCUT2D eigenvalue weighted by Crippen LogP contribution is 2.35. The van der Waals surface area contributed by atoms with Crippen molar-refractivity contribution in [2.24, 2.45) is 0 Å². The summed E-state index contributed by atoms with van der Waals surface area (Å²) in [6.45, 7) is 0. The summed E-state index contributed by atoms with van der Waals surface area (Å²) in [5.74, 6) is -1.70. The van der Waals surface area contributed by atoms with Crippen molar-refractivity contribution in [3.8, 4) is 0 Å². The van der Waals surface area contributed by atoms with Crippen LogP contribution >= 0.6 is 11.6 Å². The molecule has 2 N–H and O–H groups in total. The van der Waals surface area contributed by atoms with Gasteiger partial charge in [-0.1, -0.05) is 24.4 Å². The Kier molecular flexibility index (Phi) is 4.55. The van der Waals surface area contributed by atoms with Crippen molar-refractivity contribution < 1.29 is 22.7 Å². The Morgan fingerprint density at radius 1 is 1.38 bits per heavy atom. The monoisotopic (exact) mass is 335 g/mol. The number of hydrogen-bond donors (Lipinski definition) is 2. The zero-order valence-electron chi connectivity index (χ0n) is 11.1. The number of carbonyl (C=O) groups is 1. The van der Waals surface area contributed by atoms with Gasteiger partial charge in [0.1, 0.15) is 10.7 Å². The van der Waals surface area contributed by atoms with E-state index in [-0.39, 0.29) is 16.3 Å². The zero-order chi connectivity index (χ0) is 15.7. The lowest BCUT2D eigenvalue weighted by Crippen LogP contribution is -2.47. The van der Waals surface area contributed by atoms with Crippen LogP contribution in [0.3, 0.4) is 0 Å². The molecule has 2 rings (SSSR count). The number of carboxylic acid groups (broad SMARTS) is 1. The van der Waals surface area contributed by atoms with Crippen LogP contribution in [0.5, 0.6) is 0 Å². The second kappa shape index (κ2) is 5.90. The van der Waals surface area contributed by atoms with Gasteiger partial charge in [-0.25, -0.2) is 17.5 Å². The highest BCUT2D eigenvalue weighted by molar-refractivity contribution is 7.89. The van der Waals surface area contributed by atoms with Crippen molar-refractivity contribution in [2.45, 2.75) is 42.5 Å². The number of nitrogens with one attached hydrogen (secondary N) is 1. The molecule has 0 aromatic heterocycles. The predicted octanol–water partition coefficient (Wildman–Crippen LogP) is 2.54. The lowest BCUT2D eigenvalue weighted by atomic mass is 9.95. The summed E-state index contributed by atoms with van der Waals surface area (Å²) in [5.41, 5.74) is -0.998. The topological polar surface area (TPSA) is 83.5 Å². The first-order valence-corrected chi connectivity index (χ1v) is 8.31. The van der Waals surface area contributed by atoms with Crippen LogP contribution in [-0.2, 0) is 14.8 Å². The summed E-state index contributed by atoms with van der Waals surface area (Å²) < 4.78 is 40.3. The van der Waals surface area contributed by atoms with Crippen LogP contribution in [0.15, 0.2) is 23.1 Å². The van der Waals surface area contributed by atoms with E-state index in [0.29, 0.717) is 12.8 Å². The lowest BCUT2D eigenvalue weighted by Gasteiger charge is -2.28. The maximum atomic E-state index is 13.0. The molecule has 0 unspecified atom stereocenters. The first-order chi connectivity index (χ1) is 9.74. The second-order valence-electron chi connectivity index (χ2n) is 5.24. The summed E-state index contributed by atoms with van der Waals surface area (Å²) in [7, 11) is -4.01.